The summed E-state index contributed by atoms with van der Waals surface area (Å²) in [4.78, 5) is 11.1. The molecule has 15 heavy (non-hydrogen) atoms. The van der Waals surface area contributed by atoms with Crippen molar-refractivity contribution in [3.8, 4) is 0 Å². The SMILES string of the molecule is CC(=O)C1=CCC(c2ccccc2)NC1. The molecule has 2 nitrogen and oxygen atoms in total. The van der Waals surface area contributed by atoms with Crippen molar-refractivity contribution >= 4 is 5.78 Å². The Morgan fingerprint density at radius 2 is 2.07 bits per heavy atom. The van der Waals surface area contributed by atoms with Gasteiger partial charge in [0, 0.05) is 18.2 Å². The summed E-state index contributed by atoms with van der Waals surface area (Å²) in [6, 6.07) is 10.7. The first kappa shape index (κ1) is 10.1. The molecule has 1 atom stereocenters. The molecule has 0 aliphatic carbocycles. The van der Waals surface area contributed by atoms with Crippen LogP contribution in [0.2, 0.25) is 0 Å². The minimum absolute atomic E-state index is 0.175. The normalized spacial score (nSPS) is 20.9. The molecule has 2 rings (SSSR count). The zero-order valence-corrected chi connectivity index (χ0v) is 8.86. The number of ketones is 1. The summed E-state index contributed by atoms with van der Waals surface area (Å²) < 4.78 is 0. The second kappa shape index (κ2) is 4.41. The maximum absolute atomic E-state index is 11.1. The summed E-state index contributed by atoms with van der Waals surface area (Å²) in [5.41, 5.74) is 2.19. The molecule has 0 spiro atoms. The predicted octanol–water partition coefficient (Wildman–Crippen LogP) is 2.24. The fourth-order valence-corrected chi connectivity index (χ4v) is 1.86. The first-order valence-electron chi connectivity index (χ1n) is 5.25. The maximum atomic E-state index is 11.1. The lowest BCUT2D eigenvalue weighted by atomic mass is 9.97. The third-order valence-corrected chi connectivity index (χ3v) is 2.79. The molecule has 0 fully saturated rings. The van der Waals surface area contributed by atoms with E-state index in [0.717, 1.165) is 12.0 Å². The van der Waals surface area contributed by atoms with Gasteiger partial charge in [-0.1, -0.05) is 36.4 Å². The minimum atomic E-state index is 0.175. The van der Waals surface area contributed by atoms with Crippen LogP contribution in [0.1, 0.15) is 24.9 Å². The van der Waals surface area contributed by atoms with Crippen molar-refractivity contribution < 1.29 is 4.79 Å². The molecular weight excluding hydrogens is 186 g/mol. The van der Waals surface area contributed by atoms with E-state index in [2.05, 4.69) is 23.5 Å². The van der Waals surface area contributed by atoms with Crippen LogP contribution in [0.25, 0.3) is 0 Å². The van der Waals surface area contributed by atoms with E-state index in [-0.39, 0.29) is 5.78 Å². The van der Waals surface area contributed by atoms with Gasteiger partial charge < -0.3 is 5.32 Å². The van der Waals surface area contributed by atoms with Gasteiger partial charge in [-0.3, -0.25) is 4.79 Å². The monoisotopic (exact) mass is 201 g/mol. The molecule has 0 bridgehead atoms. The van der Waals surface area contributed by atoms with E-state index in [0.29, 0.717) is 12.6 Å². The van der Waals surface area contributed by atoms with Crippen LogP contribution in [0.5, 0.6) is 0 Å². The van der Waals surface area contributed by atoms with Gasteiger partial charge in [0.1, 0.15) is 0 Å². The Morgan fingerprint density at radius 3 is 2.60 bits per heavy atom. The van der Waals surface area contributed by atoms with E-state index in [1.807, 2.05) is 18.2 Å². The molecule has 1 heterocycles. The number of carbonyl (C=O) groups excluding carboxylic acids is 1. The Bertz CT molecular complexity index is 381. The van der Waals surface area contributed by atoms with Crippen LogP contribution < -0.4 is 5.32 Å². The third kappa shape index (κ3) is 2.34. The molecule has 1 aliphatic rings. The van der Waals surface area contributed by atoms with Crippen LogP contribution in [-0.2, 0) is 4.79 Å². The molecule has 0 radical (unpaired) electrons. The fraction of sp³-hybridized carbons (Fsp3) is 0.308. The van der Waals surface area contributed by atoms with Gasteiger partial charge >= 0.3 is 0 Å². The van der Waals surface area contributed by atoms with Crippen LogP contribution in [0.15, 0.2) is 42.0 Å². The van der Waals surface area contributed by atoms with Crippen molar-refractivity contribution in [1.82, 2.24) is 5.32 Å². The lowest BCUT2D eigenvalue weighted by Crippen LogP contribution is -2.29. The molecule has 1 aromatic rings. The predicted molar refractivity (Wildman–Crippen MR) is 60.6 cm³/mol. The molecule has 1 aliphatic heterocycles. The summed E-state index contributed by atoms with van der Waals surface area (Å²) in [5, 5.41) is 3.38. The van der Waals surface area contributed by atoms with Crippen LogP contribution in [-0.4, -0.2) is 12.3 Å². The number of benzene rings is 1. The molecule has 2 heteroatoms. The summed E-state index contributed by atoms with van der Waals surface area (Å²) in [5.74, 6) is 0.175. The van der Waals surface area contributed by atoms with E-state index < -0.39 is 0 Å². The van der Waals surface area contributed by atoms with Gasteiger partial charge in [0.25, 0.3) is 0 Å². The molecule has 0 saturated carbocycles. The van der Waals surface area contributed by atoms with Crippen molar-refractivity contribution in [2.75, 3.05) is 6.54 Å². The Morgan fingerprint density at radius 1 is 1.33 bits per heavy atom. The second-order valence-electron chi connectivity index (χ2n) is 3.87. The Labute approximate surface area is 90.0 Å². The molecule has 1 aromatic carbocycles. The Kier molecular flexibility index (Phi) is 2.97. The van der Waals surface area contributed by atoms with Gasteiger partial charge in [-0.05, 0) is 18.9 Å². The van der Waals surface area contributed by atoms with E-state index in [1.165, 1.54) is 5.56 Å². The molecule has 0 saturated heterocycles. The van der Waals surface area contributed by atoms with E-state index in [9.17, 15) is 4.79 Å². The molecule has 78 valence electrons. The smallest absolute Gasteiger partial charge is 0.156 e. The summed E-state index contributed by atoms with van der Waals surface area (Å²) in [6.45, 7) is 2.31. The lowest BCUT2D eigenvalue weighted by molar-refractivity contribution is -0.113. The summed E-state index contributed by atoms with van der Waals surface area (Å²) in [6.07, 6.45) is 2.95. The number of nitrogens with one attached hydrogen (secondary N) is 1. The summed E-state index contributed by atoms with van der Waals surface area (Å²) >= 11 is 0. The number of rotatable bonds is 2. The van der Waals surface area contributed by atoms with Gasteiger partial charge in [0.05, 0.1) is 0 Å². The highest BCUT2D eigenvalue weighted by atomic mass is 16.1. The van der Waals surface area contributed by atoms with Gasteiger partial charge in [-0.2, -0.15) is 0 Å². The maximum Gasteiger partial charge on any atom is 0.156 e. The van der Waals surface area contributed by atoms with Crippen molar-refractivity contribution in [1.29, 1.82) is 0 Å². The summed E-state index contributed by atoms with van der Waals surface area (Å²) in [7, 11) is 0. The van der Waals surface area contributed by atoms with Crippen LogP contribution in [0, 0.1) is 0 Å². The molecule has 0 amide bonds. The fourth-order valence-electron chi connectivity index (χ4n) is 1.86. The number of hydrogen-bond acceptors (Lipinski definition) is 2. The van der Waals surface area contributed by atoms with Gasteiger partial charge in [0.15, 0.2) is 5.78 Å². The lowest BCUT2D eigenvalue weighted by Gasteiger charge is -2.23. The first-order chi connectivity index (χ1) is 7.27. The van der Waals surface area contributed by atoms with Crippen molar-refractivity contribution in [2.45, 2.75) is 19.4 Å². The van der Waals surface area contributed by atoms with Crippen LogP contribution in [0.4, 0.5) is 0 Å². The number of hydrogen-bond donors (Lipinski definition) is 1. The Balaban J connectivity index is 2.09. The van der Waals surface area contributed by atoms with E-state index in [1.54, 1.807) is 6.92 Å². The molecule has 0 aromatic heterocycles. The van der Waals surface area contributed by atoms with Crippen LogP contribution in [0.3, 0.4) is 0 Å². The number of Topliss-reactive ketones (excluding diaryl/α,β-unsaturated/α-hetero) is 1. The first-order valence-corrected chi connectivity index (χ1v) is 5.25. The van der Waals surface area contributed by atoms with Crippen molar-refractivity contribution in [2.24, 2.45) is 0 Å². The average molecular weight is 201 g/mol. The zero-order chi connectivity index (χ0) is 10.7. The van der Waals surface area contributed by atoms with E-state index >= 15 is 0 Å². The highest BCUT2D eigenvalue weighted by Crippen LogP contribution is 2.21. The molecule has 1 N–H and O–H groups in total. The minimum Gasteiger partial charge on any atom is -0.305 e. The van der Waals surface area contributed by atoms with Gasteiger partial charge in [-0.25, -0.2) is 0 Å². The standard InChI is InChI=1S/C13H15NO/c1-10(15)12-7-8-13(14-9-12)11-5-3-2-4-6-11/h2-7,13-14H,8-9H2,1H3. The van der Waals surface area contributed by atoms with Crippen molar-refractivity contribution in [3.63, 3.8) is 0 Å². The Hall–Kier alpha value is -1.41. The highest BCUT2D eigenvalue weighted by molar-refractivity contribution is 5.93. The van der Waals surface area contributed by atoms with Crippen LogP contribution >= 0.6 is 0 Å². The molecule has 1 unspecified atom stereocenters. The molecular formula is C13H15NO. The average Bonchev–Trinajstić information content (AvgIpc) is 2.30. The third-order valence-electron chi connectivity index (χ3n) is 2.79. The largest absolute Gasteiger partial charge is 0.305 e. The van der Waals surface area contributed by atoms with Gasteiger partial charge in [0.2, 0.25) is 0 Å². The number of carbonyl (C=O) groups is 1. The van der Waals surface area contributed by atoms with E-state index in [4.69, 9.17) is 0 Å². The second-order valence-corrected chi connectivity index (χ2v) is 3.87. The van der Waals surface area contributed by atoms with Gasteiger partial charge in [-0.15, -0.1) is 0 Å². The highest BCUT2D eigenvalue weighted by Gasteiger charge is 2.16. The topological polar surface area (TPSA) is 29.1 Å². The van der Waals surface area contributed by atoms with Crippen molar-refractivity contribution in [3.05, 3.63) is 47.5 Å². The quantitative estimate of drug-likeness (QED) is 0.795. The zero-order valence-electron chi connectivity index (χ0n) is 8.86.